The molecule has 0 saturated heterocycles. The molecule has 0 fully saturated rings. The fraction of sp³-hybridized carbons (Fsp3) is 0.0714. The lowest BCUT2D eigenvalue weighted by atomic mass is 10.2. The third-order valence-corrected chi connectivity index (χ3v) is 2.28. The molecule has 0 aromatic heterocycles. The van der Waals surface area contributed by atoms with Crippen LogP contribution >= 0.6 is 0 Å². The maximum atomic E-state index is 11.5. The van der Waals surface area contributed by atoms with Crippen LogP contribution in [0.4, 0.5) is 10.5 Å². The minimum absolute atomic E-state index is 0.336. The van der Waals surface area contributed by atoms with Gasteiger partial charge in [-0.1, -0.05) is 48.5 Å². The monoisotopic (exact) mass is 242 g/mol. The van der Waals surface area contributed by atoms with E-state index in [2.05, 4.69) is 10.8 Å². The average Bonchev–Trinajstić information content (AvgIpc) is 2.41. The molecule has 4 nitrogen and oxygen atoms in total. The Hall–Kier alpha value is -2.33. The molecule has 0 radical (unpaired) electrons. The summed E-state index contributed by atoms with van der Waals surface area (Å²) in [5.74, 6) is 0. The van der Waals surface area contributed by atoms with Gasteiger partial charge in [-0.2, -0.15) is 0 Å². The lowest BCUT2D eigenvalue weighted by molar-refractivity contribution is 0.0536. The van der Waals surface area contributed by atoms with Crippen LogP contribution in [0, 0.1) is 0 Å². The van der Waals surface area contributed by atoms with Crippen LogP contribution in [0.2, 0.25) is 0 Å². The smallest absolute Gasteiger partial charge is 0.306 e. The van der Waals surface area contributed by atoms with Crippen molar-refractivity contribution in [1.29, 1.82) is 0 Å². The highest BCUT2D eigenvalue weighted by molar-refractivity contribution is 5.88. The Kier molecular flexibility index (Phi) is 4.33. The van der Waals surface area contributed by atoms with E-state index in [9.17, 15) is 4.79 Å². The lowest BCUT2D eigenvalue weighted by Gasteiger charge is -2.07. The van der Waals surface area contributed by atoms with E-state index in [1.807, 2.05) is 48.5 Å². The predicted octanol–water partition coefficient (Wildman–Crippen LogP) is 2.94. The lowest BCUT2D eigenvalue weighted by Crippen LogP contribution is -2.28. The van der Waals surface area contributed by atoms with E-state index >= 15 is 0 Å². The number of hydrogen-bond acceptors (Lipinski definition) is 2. The van der Waals surface area contributed by atoms with Crippen LogP contribution in [-0.2, 0) is 11.4 Å². The predicted molar refractivity (Wildman–Crippen MR) is 69.8 cm³/mol. The number of nitrogens with one attached hydrogen (secondary N) is 2. The number of hydrogen-bond donors (Lipinski definition) is 2. The Labute approximate surface area is 106 Å². The van der Waals surface area contributed by atoms with E-state index in [1.165, 1.54) is 0 Å². The molecule has 2 aromatic carbocycles. The molecule has 0 aliphatic rings. The second-order valence-corrected chi connectivity index (χ2v) is 3.70. The van der Waals surface area contributed by atoms with Gasteiger partial charge in [0.1, 0.15) is 0 Å². The number of anilines is 1. The zero-order valence-corrected chi connectivity index (χ0v) is 9.80. The summed E-state index contributed by atoms with van der Waals surface area (Å²) in [7, 11) is 0. The second-order valence-electron chi connectivity index (χ2n) is 3.70. The van der Waals surface area contributed by atoms with E-state index in [-0.39, 0.29) is 0 Å². The van der Waals surface area contributed by atoms with Crippen LogP contribution in [0.5, 0.6) is 0 Å². The van der Waals surface area contributed by atoms with Gasteiger partial charge in [0, 0.05) is 5.69 Å². The molecule has 0 saturated carbocycles. The summed E-state index contributed by atoms with van der Waals surface area (Å²) in [4.78, 5) is 16.5. The zero-order chi connectivity index (χ0) is 12.6. The van der Waals surface area contributed by atoms with Crippen molar-refractivity contribution < 1.29 is 9.63 Å². The topological polar surface area (TPSA) is 50.4 Å². The Balaban J connectivity index is 1.73. The van der Waals surface area contributed by atoms with Gasteiger partial charge in [-0.05, 0) is 17.7 Å². The van der Waals surface area contributed by atoms with Crippen molar-refractivity contribution in [3.05, 3.63) is 66.2 Å². The van der Waals surface area contributed by atoms with Gasteiger partial charge in [0.05, 0.1) is 6.61 Å². The number of amides is 2. The highest BCUT2D eigenvalue weighted by Gasteiger charge is 2.00. The average molecular weight is 242 g/mol. The van der Waals surface area contributed by atoms with E-state index in [4.69, 9.17) is 4.84 Å². The number of hydroxylamine groups is 1. The Morgan fingerprint density at radius 1 is 0.944 bits per heavy atom. The molecule has 0 heterocycles. The number of rotatable bonds is 4. The van der Waals surface area contributed by atoms with Crippen LogP contribution in [0.15, 0.2) is 60.7 Å². The third kappa shape index (κ3) is 3.92. The van der Waals surface area contributed by atoms with E-state index in [1.54, 1.807) is 12.1 Å². The van der Waals surface area contributed by atoms with Crippen molar-refractivity contribution in [2.45, 2.75) is 6.61 Å². The minimum Gasteiger partial charge on any atom is -0.306 e. The largest absolute Gasteiger partial charge is 0.343 e. The number of carbonyl (C=O) groups excluding carboxylic acids is 1. The van der Waals surface area contributed by atoms with E-state index in [0.717, 1.165) is 11.3 Å². The molecule has 2 rings (SSSR count). The summed E-state index contributed by atoms with van der Waals surface area (Å²) in [6.45, 7) is 0.336. The van der Waals surface area contributed by atoms with Crippen molar-refractivity contribution in [2.75, 3.05) is 5.32 Å². The molecular formula is C14H14N2O2. The van der Waals surface area contributed by atoms with Crippen molar-refractivity contribution in [3.8, 4) is 0 Å². The summed E-state index contributed by atoms with van der Waals surface area (Å²) in [6.07, 6.45) is 0. The van der Waals surface area contributed by atoms with Crippen LogP contribution in [-0.4, -0.2) is 6.03 Å². The van der Waals surface area contributed by atoms with Crippen molar-refractivity contribution >= 4 is 11.7 Å². The molecule has 2 aromatic rings. The number of carbonyl (C=O) groups is 1. The highest BCUT2D eigenvalue weighted by atomic mass is 16.7. The normalized spacial score (nSPS) is 9.78. The maximum absolute atomic E-state index is 11.5. The van der Waals surface area contributed by atoms with E-state index < -0.39 is 6.03 Å². The number of benzene rings is 2. The van der Waals surface area contributed by atoms with Crippen LogP contribution in [0.25, 0.3) is 0 Å². The van der Waals surface area contributed by atoms with Gasteiger partial charge in [-0.3, -0.25) is 4.84 Å². The molecule has 4 heteroatoms. The fourth-order valence-corrected chi connectivity index (χ4v) is 1.44. The molecule has 0 unspecified atom stereocenters. The fourth-order valence-electron chi connectivity index (χ4n) is 1.44. The van der Waals surface area contributed by atoms with Crippen molar-refractivity contribution in [3.63, 3.8) is 0 Å². The maximum Gasteiger partial charge on any atom is 0.343 e. The molecule has 18 heavy (non-hydrogen) atoms. The molecule has 2 amide bonds. The molecule has 0 atom stereocenters. The number of urea groups is 1. The van der Waals surface area contributed by atoms with Gasteiger partial charge in [0.15, 0.2) is 0 Å². The second kappa shape index (κ2) is 6.42. The standard InChI is InChI=1S/C14H14N2O2/c17-14(15-13-9-5-2-6-10-13)16-18-11-12-7-3-1-4-8-12/h1-10H,11H2,(H2,15,16,17). The van der Waals surface area contributed by atoms with Crippen molar-refractivity contribution in [2.24, 2.45) is 0 Å². The van der Waals surface area contributed by atoms with E-state index in [0.29, 0.717) is 6.61 Å². The third-order valence-electron chi connectivity index (χ3n) is 2.28. The summed E-state index contributed by atoms with van der Waals surface area (Å²) < 4.78 is 0. The minimum atomic E-state index is -0.392. The van der Waals surface area contributed by atoms with Gasteiger partial charge in [0.2, 0.25) is 0 Å². The Morgan fingerprint density at radius 3 is 2.22 bits per heavy atom. The summed E-state index contributed by atoms with van der Waals surface area (Å²) in [6, 6.07) is 18.4. The van der Waals surface area contributed by atoms with Gasteiger partial charge < -0.3 is 5.32 Å². The van der Waals surface area contributed by atoms with Crippen molar-refractivity contribution in [1.82, 2.24) is 5.48 Å². The first-order valence-electron chi connectivity index (χ1n) is 5.62. The zero-order valence-electron chi connectivity index (χ0n) is 9.80. The molecule has 0 bridgehead atoms. The first-order valence-corrected chi connectivity index (χ1v) is 5.62. The SMILES string of the molecule is O=C(NOCc1ccccc1)Nc1ccccc1. The molecule has 0 aliphatic heterocycles. The highest BCUT2D eigenvalue weighted by Crippen LogP contribution is 2.04. The van der Waals surface area contributed by atoms with Gasteiger partial charge in [-0.25, -0.2) is 10.3 Å². The first-order chi connectivity index (χ1) is 8.84. The van der Waals surface area contributed by atoms with Gasteiger partial charge in [0.25, 0.3) is 0 Å². The van der Waals surface area contributed by atoms with Crippen LogP contribution < -0.4 is 10.8 Å². The van der Waals surface area contributed by atoms with Gasteiger partial charge in [-0.15, -0.1) is 0 Å². The molecule has 2 N–H and O–H groups in total. The number of para-hydroxylation sites is 1. The molecule has 0 spiro atoms. The Morgan fingerprint density at radius 2 is 1.56 bits per heavy atom. The Bertz CT molecular complexity index is 486. The molecule has 0 aliphatic carbocycles. The summed E-state index contributed by atoms with van der Waals surface area (Å²) in [5, 5.41) is 2.65. The molecule has 92 valence electrons. The first kappa shape index (κ1) is 12.1. The quantitative estimate of drug-likeness (QED) is 0.810. The summed E-state index contributed by atoms with van der Waals surface area (Å²) >= 11 is 0. The van der Waals surface area contributed by atoms with Crippen LogP contribution in [0.3, 0.4) is 0 Å². The molecular weight excluding hydrogens is 228 g/mol. The summed E-state index contributed by atoms with van der Waals surface area (Å²) in [5.41, 5.74) is 4.05. The van der Waals surface area contributed by atoms with Gasteiger partial charge >= 0.3 is 6.03 Å². The van der Waals surface area contributed by atoms with Crippen LogP contribution in [0.1, 0.15) is 5.56 Å².